The molecule has 1 aromatic carbocycles. The van der Waals surface area contributed by atoms with E-state index in [0.717, 1.165) is 5.56 Å². The highest BCUT2D eigenvalue weighted by Gasteiger charge is 2.10. The van der Waals surface area contributed by atoms with Gasteiger partial charge in [-0.15, -0.1) is 9.42 Å². The van der Waals surface area contributed by atoms with Crippen LogP contribution in [-0.2, 0) is 15.5 Å². The molecule has 0 aliphatic rings. The van der Waals surface area contributed by atoms with Crippen LogP contribution in [0, 0.1) is 0 Å². The summed E-state index contributed by atoms with van der Waals surface area (Å²) < 4.78 is 14.6. The Morgan fingerprint density at radius 2 is 2.00 bits per heavy atom. The van der Waals surface area contributed by atoms with Gasteiger partial charge in [-0.05, 0) is 5.56 Å². The summed E-state index contributed by atoms with van der Waals surface area (Å²) in [5.74, 6) is 0. The van der Waals surface area contributed by atoms with Crippen molar-refractivity contribution in [2.45, 2.75) is 6.42 Å². The molecule has 0 saturated carbocycles. The van der Waals surface area contributed by atoms with E-state index in [4.69, 9.17) is 4.89 Å². The summed E-state index contributed by atoms with van der Waals surface area (Å²) in [5.41, 5.74) is 1.11. The second-order valence-electron chi connectivity index (χ2n) is 2.31. The molecule has 1 rings (SSSR count). The van der Waals surface area contributed by atoms with Gasteiger partial charge in [0.25, 0.3) is 0 Å². The van der Waals surface area contributed by atoms with Crippen LogP contribution in [0.15, 0.2) is 30.3 Å². The maximum Gasteiger partial charge on any atom is 0.694 e. The first-order chi connectivity index (χ1) is 5.79. The molecule has 0 saturated heterocycles. The summed E-state index contributed by atoms with van der Waals surface area (Å²) in [6.07, 6.45) is 0.669. The third kappa shape index (κ3) is 3.58. The van der Waals surface area contributed by atoms with Crippen molar-refractivity contribution >= 4 is 8.25 Å². The molecule has 0 heterocycles. The van der Waals surface area contributed by atoms with Gasteiger partial charge in [0.15, 0.2) is 0 Å². The molecular formula is C8H10O3P+. The first-order valence-corrected chi connectivity index (χ1v) is 4.75. The highest BCUT2D eigenvalue weighted by atomic mass is 31.1. The molecule has 3 nitrogen and oxygen atoms in total. The van der Waals surface area contributed by atoms with Crippen LogP contribution in [0.3, 0.4) is 0 Å². The van der Waals surface area contributed by atoms with Crippen molar-refractivity contribution in [3.63, 3.8) is 0 Å². The first-order valence-electron chi connectivity index (χ1n) is 3.62. The van der Waals surface area contributed by atoms with E-state index in [0.29, 0.717) is 6.42 Å². The fourth-order valence-corrected chi connectivity index (χ4v) is 1.13. The van der Waals surface area contributed by atoms with Gasteiger partial charge in [-0.2, -0.15) is 0 Å². The van der Waals surface area contributed by atoms with Gasteiger partial charge in [-0.25, -0.2) is 0 Å². The highest BCUT2D eigenvalue weighted by Crippen LogP contribution is 2.14. The van der Waals surface area contributed by atoms with Gasteiger partial charge in [-0.1, -0.05) is 30.3 Å². The Balaban J connectivity index is 2.29. The molecule has 0 aliphatic heterocycles. The second-order valence-corrected chi connectivity index (χ2v) is 3.04. The molecule has 0 fully saturated rings. The Hall–Kier alpha value is -0.760. The SMILES string of the molecule is O=[P+](O)OCCc1ccccc1. The molecule has 0 bridgehead atoms. The summed E-state index contributed by atoms with van der Waals surface area (Å²) in [6, 6.07) is 9.68. The molecule has 0 aliphatic carbocycles. The first kappa shape index (κ1) is 9.33. The van der Waals surface area contributed by atoms with Crippen LogP contribution >= 0.6 is 8.25 Å². The van der Waals surface area contributed by atoms with Crippen LogP contribution in [0.1, 0.15) is 5.56 Å². The lowest BCUT2D eigenvalue weighted by Crippen LogP contribution is -1.92. The van der Waals surface area contributed by atoms with E-state index < -0.39 is 8.25 Å². The average molecular weight is 185 g/mol. The zero-order chi connectivity index (χ0) is 8.81. The topological polar surface area (TPSA) is 46.5 Å². The fraction of sp³-hybridized carbons (Fsp3) is 0.250. The lowest BCUT2D eigenvalue weighted by molar-refractivity contribution is 0.285. The highest BCUT2D eigenvalue weighted by molar-refractivity contribution is 7.32. The van der Waals surface area contributed by atoms with Crippen molar-refractivity contribution < 1.29 is 14.0 Å². The minimum absolute atomic E-state index is 0.287. The van der Waals surface area contributed by atoms with Crippen LogP contribution in [0.5, 0.6) is 0 Å². The lowest BCUT2D eigenvalue weighted by Gasteiger charge is -1.94. The zero-order valence-electron chi connectivity index (χ0n) is 6.51. The van der Waals surface area contributed by atoms with E-state index in [-0.39, 0.29) is 6.61 Å². The van der Waals surface area contributed by atoms with Crippen LogP contribution < -0.4 is 0 Å². The minimum atomic E-state index is -2.45. The molecule has 64 valence electrons. The van der Waals surface area contributed by atoms with Crippen molar-refractivity contribution in [2.75, 3.05) is 6.61 Å². The Labute approximate surface area is 71.9 Å². The minimum Gasteiger partial charge on any atom is -0.133 e. The molecule has 0 amide bonds. The van der Waals surface area contributed by atoms with E-state index in [9.17, 15) is 4.57 Å². The molecule has 1 unspecified atom stereocenters. The molecule has 12 heavy (non-hydrogen) atoms. The Morgan fingerprint density at radius 1 is 1.33 bits per heavy atom. The predicted octanol–water partition coefficient (Wildman–Crippen LogP) is 1.90. The monoisotopic (exact) mass is 185 g/mol. The normalized spacial score (nSPS) is 11.2. The van der Waals surface area contributed by atoms with Crippen molar-refractivity contribution in [3.05, 3.63) is 35.9 Å². The summed E-state index contributed by atoms with van der Waals surface area (Å²) in [6.45, 7) is 0.287. The number of benzene rings is 1. The maximum absolute atomic E-state index is 10.1. The molecule has 1 aromatic rings. The average Bonchev–Trinajstić information content (AvgIpc) is 2.05. The van der Waals surface area contributed by atoms with Crippen molar-refractivity contribution in [3.8, 4) is 0 Å². The number of hydrogen-bond donors (Lipinski definition) is 1. The van der Waals surface area contributed by atoms with Crippen molar-refractivity contribution in [1.82, 2.24) is 0 Å². The fourth-order valence-electron chi connectivity index (χ4n) is 0.886. The summed E-state index contributed by atoms with van der Waals surface area (Å²) in [5, 5.41) is 0. The smallest absolute Gasteiger partial charge is 0.133 e. The van der Waals surface area contributed by atoms with Crippen LogP contribution in [-0.4, -0.2) is 11.5 Å². The van der Waals surface area contributed by atoms with Gasteiger partial charge in [0.05, 0.1) is 0 Å². The molecule has 1 N–H and O–H groups in total. The number of rotatable bonds is 4. The van der Waals surface area contributed by atoms with Gasteiger partial charge >= 0.3 is 8.25 Å². The molecule has 1 atom stereocenters. The zero-order valence-corrected chi connectivity index (χ0v) is 7.41. The summed E-state index contributed by atoms with van der Waals surface area (Å²) in [7, 11) is -2.45. The van der Waals surface area contributed by atoms with E-state index in [1.165, 1.54) is 0 Å². The second kappa shape index (κ2) is 4.99. The Bertz CT molecular complexity index is 248. The third-order valence-corrected chi connectivity index (χ3v) is 1.84. The molecular weight excluding hydrogens is 175 g/mol. The van der Waals surface area contributed by atoms with Gasteiger partial charge in [0, 0.05) is 11.0 Å². The maximum atomic E-state index is 10.1. The van der Waals surface area contributed by atoms with E-state index in [1.807, 2.05) is 30.3 Å². The van der Waals surface area contributed by atoms with Crippen molar-refractivity contribution in [1.29, 1.82) is 0 Å². The predicted molar refractivity (Wildman–Crippen MR) is 45.9 cm³/mol. The molecule has 0 spiro atoms. The molecule has 0 aromatic heterocycles. The van der Waals surface area contributed by atoms with E-state index in [1.54, 1.807) is 0 Å². The Kier molecular flexibility index (Phi) is 3.88. The molecule has 4 heteroatoms. The quantitative estimate of drug-likeness (QED) is 0.728. The Morgan fingerprint density at radius 3 is 2.58 bits per heavy atom. The van der Waals surface area contributed by atoms with Gasteiger partial charge in [-0.3, -0.25) is 0 Å². The van der Waals surface area contributed by atoms with E-state index >= 15 is 0 Å². The van der Waals surface area contributed by atoms with Crippen LogP contribution in [0.25, 0.3) is 0 Å². The third-order valence-electron chi connectivity index (χ3n) is 1.44. The van der Waals surface area contributed by atoms with E-state index in [2.05, 4.69) is 4.52 Å². The molecule has 0 radical (unpaired) electrons. The van der Waals surface area contributed by atoms with Gasteiger partial charge < -0.3 is 0 Å². The van der Waals surface area contributed by atoms with Gasteiger partial charge in [0.2, 0.25) is 0 Å². The van der Waals surface area contributed by atoms with Gasteiger partial charge in [0.1, 0.15) is 6.61 Å². The number of hydrogen-bond acceptors (Lipinski definition) is 2. The lowest BCUT2D eigenvalue weighted by atomic mass is 10.2. The summed E-state index contributed by atoms with van der Waals surface area (Å²) in [4.78, 5) is 8.32. The van der Waals surface area contributed by atoms with Crippen molar-refractivity contribution in [2.24, 2.45) is 0 Å². The largest absolute Gasteiger partial charge is 0.694 e. The standard InChI is InChI=1S/C8H9O3P/c9-12(10)11-7-6-8-4-2-1-3-5-8/h1-5H,6-7H2/p+1. The van der Waals surface area contributed by atoms with Crippen LogP contribution in [0.2, 0.25) is 0 Å². The van der Waals surface area contributed by atoms with Crippen LogP contribution in [0.4, 0.5) is 0 Å². The summed E-state index contributed by atoms with van der Waals surface area (Å²) >= 11 is 0.